The number of aliphatic hydroxyl groups excluding tert-OH is 1. The smallest absolute Gasteiger partial charge is 0.0433 e. The van der Waals surface area contributed by atoms with Crippen molar-refractivity contribution < 1.29 is 10.2 Å². The average molecular weight is 490 g/mol. The van der Waals surface area contributed by atoms with Crippen LogP contribution in [0.15, 0.2) is 0 Å². The average Bonchev–Trinajstić information content (AvgIpc) is 2.20. The molecule has 0 heterocycles. The molecule has 0 saturated heterocycles. The summed E-state index contributed by atoms with van der Waals surface area (Å²) < 4.78 is 0. The second kappa shape index (κ2) is 13.0. The molecule has 0 bridgehead atoms. The van der Waals surface area contributed by atoms with Gasteiger partial charge in [0.25, 0.3) is 0 Å². The molecule has 0 aromatic rings. The minimum absolute atomic E-state index is 0. The van der Waals surface area contributed by atoms with Crippen molar-refractivity contribution in [2.45, 2.75) is 71.8 Å². The fraction of sp³-hybridized carbons (Fsp3) is 0.929. The molecule has 0 spiro atoms. The van der Waals surface area contributed by atoms with E-state index in [0.717, 1.165) is 5.92 Å². The number of hydrogen-bond donors (Lipinski definition) is 2. The fourth-order valence-corrected chi connectivity index (χ4v) is 1.31. The summed E-state index contributed by atoms with van der Waals surface area (Å²) >= 11 is 0. The van der Waals surface area contributed by atoms with Gasteiger partial charge in [-0.2, -0.15) is 0 Å². The van der Waals surface area contributed by atoms with Gasteiger partial charge in [-0.15, -0.1) is 0 Å². The van der Waals surface area contributed by atoms with Crippen LogP contribution in [0.3, 0.4) is 0 Å². The SMILES string of the molecule is CC1CCCCC1.CCC.[CH2-]C(C)(O)CO.[No]. The van der Waals surface area contributed by atoms with Gasteiger partial charge in [0.1, 0.15) is 0 Å². The van der Waals surface area contributed by atoms with Crippen LogP contribution in [0.1, 0.15) is 66.2 Å². The third kappa shape index (κ3) is 25.3. The zero-order valence-corrected chi connectivity index (χ0v) is 14.1. The van der Waals surface area contributed by atoms with E-state index in [1.807, 2.05) is 0 Å². The molecule has 0 aliphatic heterocycles. The summed E-state index contributed by atoms with van der Waals surface area (Å²) in [6.07, 6.45) is 8.69. The van der Waals surface area contributed by atoms with E-state index in [1.54, 1.807) is 0 Å². The van der Waals surface area contributed by atoms with Gasteiger partial charge in [-0.05, 0) is 11.5 Å². The van der Waals surface area contributed by atoms with Gasteiger partial charge in [0.05, 0.1) is 0 Å². The van der Waals surface area contributed by atoms with Crippen LogP contribution >= 0.6 is 0 Å². The molecule has 17 heavy (non-hydrogen) atoms. The standard InChI is InChI=1S/C7H14.C4H9O2.C3H8.No/c1-7-5-3-2-4-6-7;1-4(2,6)3-5;1-3-2;/h7H,2-6H2,1H3;5-6H,1,3H2,2H3;3H2,1-2H3;/q;-1;;. The van der Waals surface area contributed by atoms with Crippen LogP contribution in [0.5, 0.6) is 0 Å². The molecule has 1 atom stereocenters. The first-order valence-corrected chi connectivity index (χ1v) is 6.56. The van der Waals surface area contributed by atoms with Crippen molar-refractivity contribution >= 4 is 0 Å². The van der Waals surface area contributed by atoms with Crippen molar-refractivity contribution in [1.82, 2.24) is 0 Å². The van der Waals surface area contributed by atoms with E-state index in [1.165, 1.54) is 45.4 Å². The molecule has 2 nitrogen and oxygen atoms in total. The summed E-state index contributed by atoms with van der Waals surface area (Å²) in [7, 11) is 0. The van der Waals surface area contributed by atoms with Crippen molar-refractivity contribution in [2.24, 2.45) is 5.92 Å². The molecule has 0 aromatic heterocycles. The maximum absolute atomic E-state index is 8.47. The molecular formula is C14H31NoO2-. The van der Waals surface area contributed by atoms with Gasteiger partial charge in [0, 0.05) is 6.61 Å². The second-order valence-corrected chi connectivity index (χ2v) is 5.11. The molecule has 0 radical (unpaired) electrons. The minimum atomic E-state index is -1.15. The van der Waals surface area contributed by atoms with Crippen molar-refractivity contribution in [3.63, 3.8) is 0 Å². The first-order valence-electron chi connectivity index (χ1n) is 6.56. The Labute approximate surface area is 102 Å². The van der Waals surface area contributed by atoms with Crippen LogP contribution < -0.4 is 0 Å². The van der Waals surface area contributed by atoms with Gasteiger partial charge < -0.3 is 17.1 Å². The molecule has 0 amide bonds. The zero-order chi connectivity index (χ0) is 13.0. The van der Waals surface area contributed by atoms with Crippen LogP contribution in [0.2, 0.25) is 0 Å². The van der Waals surface area contributed by atoms with Crippen molar-refractivity contribution in [3.8, 4) is 0 Å². The number of rotatable bonds is 1. The summed E-state index contributed by atoms with van der Waals surface area (Å²) in [6.45, 7) is 11.0. The molecule has 1 fully saturated rings. The summed E-state index contributed by atoms with van der Waals surface area (Å²) in [4.78, 5) is 0. The van der Waals surface area contributed by atoms with Crippen LogP contribution in [0.25, 0.3) is 0 Å². The topological polar surface area (TPSA) is 40.5 Å². The van der Waals surface area contributed by atoms with Crippen molar-refractivity contribution in [1.29, 1.82) is 0 Å². The molecule has 3 heteroatoms. The van der Waals surface area contributed by atoms with E-state index < -0.39 is 5.60 Å². The molecule has 2 N–H and O–H groups in total. The number of aliphatic hydroxyl groups is 2. The van der Waals surface area contributed by atoms with Gasteiger partial charge >= 0.3 is 0 Å². The summed E-state index contributed by atoms with van der Waals surface area (Å²) in [5, 5.41) is 16.6. The van der Waals surface area contributed by atoms with E-state index in [9.17, 15) is 0 Å². The summed E-state index contributed by atoms with van der Waals surface area (Å²) in [6, 6.07) is 0. The van der Waals surface area contributed by atoms with E-state index in [0.29, 0.717) is 0 Å². The molecular weight excluding hydrogens is 459 g/mol. The first-order chi connectivity index (χ1) is 7.37. The predicted octanol–water partition coefficient (Wildman–Crippen LogP) is 3.57. The van der Waals surface area contributed by atoms with Gasteiger partial charge in [0.2, 0.25) is 0 Å². The molecule has 1 rings (SSSR count). The number of hydrogen-bond acceptors (Lipinski definition) is 2. The molecule has 0 aromatic carbocycles. The third-order valence-electron chi connectivity index (χ3n) is 2.23. The van der Waals surface area contributed by atoms with Crippen LogP contribution in [0, 0.1) is 12.8 Å². The van der Waals surface area contributed by atoms with Gasteiger partial charge in [-0.1, -0.05) is 66.2 Å². The Morgan fingerprint density at radius 3 is 1.59 bits per heavy atom. The molecule has 1 aliphatic carbocycles. The van der Waals surface area contributed by atoms with E-state index in [4.69, 9.17) is 10.2 Å². The van der Waals surface area contributed by atoms with E-state index in [2.05, 4.69) is 27.7 Å². The minimum Gasteiger partial charge on any atom is -0.420 e. The Morgan fingerprint density at radius 2 is 1.47 bits per heavy atom. The first kappa shape index (κ1) is 21.2. The van der Waals surface area contributed by atoms with E-state index >= 15 is 0 Å². The quantitative estimate of drug-likeness (QED) is 0.552. The van der Waals surface area contributed by atoms with Crippen molar-refractivity contribution in [3.05, 3.63) is 6.92 Å². The molecule has 1 aliphatic rings. The Bertz CT molecular complexity index is 127. The van der Waals surface area contributed by atoms with Gasteiger partial charge in [-0.25, -0.2) is 0 Å². The summed E-state index contributed by atoms with van der Waals surface area (Å²) in [5.74, 6) is 1.04. The van der Waals surface area contributed by atoms with Crippen LogP contribution in [0.4, 0.5) is 0 Å². The molecule has 114 valence electrons. The third-order valence-corrected chi connectivity index (χ3v) is 2.23. The van der Waals surface area contributed by atoms with Crippen LogP contribution in [-0.4, -0.2) is 22.4 Å². The monoisotopic (exact) mass is 490 g/mol. The Balaban J connectivity index is -0.000000182. The fourth-order valence-electron chi connectivity index (χ4n) is 1.31. The summed E-state index contributed by atoms with van der Waals surface area (Å²) in [5.41, 5.74) is -1.15. The van der Waals surface area contributed by atoms with Gasteiger partial charge in [-0.3, -0.25) is 0 Å². The largest absolute Gasteiger partial charge is 0.420 e. The molecule has 1 saturated carbocycles. The van der Waals surface area contributed by atoms with E-state index in [-0.39, 0.29) is 6.61 Å². The maximum atomic E-state index is 8.47. The van der Waals surface area contributed by atoms with Gasteiger partial charge in [0.15, 0.2) is 0 Å². The maximum Gasteiger partial charge on any atom is 0.0433 e. The zero-order valence-electron chi connectivity index (χ0n) is 11.9. The Hall–Kier alpha value is -1.08. The normalized spacial score (nSPS) is 18.5. The predicted molar refractivity (Wildman–Crippen MR) is 71.3 cm³/mol. The Kier molecular flexibility index (Phi) is 16.2. The second-order valence-electron chi connectivity index (χ2n) is 5.11. The van der Waals surface area contributed by atoms with Crippen molar-refractivity contribution in [2.75, 3.05) is 6.61 Å². The molecule has 1 unspecified atom stereocenters. The Morgan fingerprint density at radius 1 is 1.18 bits per heavy atom. The van der Waals surface area contributed by atoms with Crippen LogP contribution in [-0.2, 0) is 0 Å².